The van der Waals surface area contributed by atoms with Gasteiger partial charge < -0.3 is 24.1 Å². The Morgan fingerprint density at radius 2 is 1.79 bits per heavy atom. The summed E-state index contributed by atoms with van der Waals surface area (Å²) in [5, 5.41) is 10.0. The fraction of sp³-hybridized carbons (Fsp3) is 0.321. The molecule has 0 saturated carbocycles. The molecular formula is C28H30N2O7S. The molecule has 4 rings (SSSR count). The number of thiazole rings is 1. The minimum atomic E-state index is -0.781. The van der Waals surface area contributed by atoms with E-state index in [1.807, 2.05) is 13.8 Å². The molecule has 0 aliphatic carbocycles. The Balaban J connectivity index is 1.94. The number of methoxy groups -OCH3 is 1. The van der Waals surface area contributed by atoms with Gasteiger partial charge in [-0.05, 0) is 69.2 Å². The molecule has 0 saturated heterocycles. The number of nitrogens with zero attached hydrogens (tertiary/aromatic N) is 2. The third-order valence-corrected chi connectivity index (χ3v) is 6.88. The van der Waals surface area contributed by atoms with Crippen LogP contribution < -0.4 is 29.1 Å². The lowest BCUT2D eigenvalue weighted by atomic mass is 9.95. The van der Waals surface area contributed by atoms with Gasteiger partial charge in [0, 0.05) is 0 Å². The van der Waals surface area contributed by atoms with Gasteiger partial charge >= 0.3 is 5.97 Å². The highest BCUT2D eigenvalue weighted by Crippen LogP contribution is 2.36. The van der Waals surface area contributed by atoms with Crippen LogP contribution in [0.1, 0.15) is 44.9 Å². The second kappa shape index (κ2) is 11.6. The van der Waals surface area contributed by atoms with Gasteiger partial charge in [-0.3, -0.25) is 9.36 Å². The van der Waals surface area contributed by atoms with Crippen molar-refractivity contribution in [2.45, 2.75) is 33.7 Å². The Morgan fingerprint density at radius 3 is 2.47 bits per heavy atom. The maximum atomic E-state index is 13.8. The Kier molecular flexibility index (Phi) is 8.21. The monoisotopic (exact) mass is 538 g/mol. The predicted octanol–water partition coefficient (Wildman–Crippen LogP) is 3.31. The first-order chi connectivity index (χ1) is 18.3. The summed E-state index contributed by atoms with van der Waals surface area (Å²) in [5.41, 5.74) is 1.77. The Hall–Kier alpha value is -4.05. The van der Waals surface area contributed by atoms with Crippen molar-refractivity contribution in [3.63, 3.8) is 0 Å². The first-order valence-corrected chi connectivity index (χ1v) is 13.1. The zero-order valence-electron chi connectivity index (χ0n) is 21.9. The van der Waals surface area contributed by atoms with Gasteiger partial charge in [0.1, 0.15) is 0 Å². The SMILES string of the molecule is CCOC(=O)C1=C(C)N=c2s/c(=C\c3ccc(O)c(OCC)c3)c(=O)n2[C@H]1c1ccc(OC)c(OCC)c1. The van der Waals surface area contributed by atoms with Gasteiger partial charge in [-0.25, -0.2) is 9.79 Å². The van der Waals surface area contributed by atoms with E-state index in [1.54, 1.807) is 57.4 Å². The summed E-state index contributed by atoms with van der Waals surface area (Å²) in [4.78, 5) is 32.0. The summed E-state index contributed by atoms with van der Waals surface area (Å²) in [6, 6.07) is 9.43. The van der Waals surface area contributed by atoms with Gasteiger partial charge in [0.05, 0.1) is 48.8 Å². The van der Waals surface area contributed by atoms with Gasteiger partial charge in [-0.1, -0.05) is 23.5 Å². The fourth-order valence-corrected chi connectivity index (χ4v) is 5.33. The third-order valence-electron chi connectivity index (χ3n) is 5.90. The smallest absolute Gasteiger partial charge is 0.338 e. The number of ether oxygens (including phenoxy) is 4. The van der Waals surface area contributed by atoms with Crippen LogP contribution >= 0.6 is 11.3 Å². The topological polar surface area (TPSA) is 109 Å². The number of hydrogen-bond donors (Lipinski definition) is 1. The number of carbonyl (C=O) groups excluding carboxylic acids is 1. The number of hydrogen-bond acceptors (Lipinski definition) is 9. The summed E-state index contributed by atoms with van der Waals surface area (Å²) in [6.07, 6.45) is 1.71. The normalized spacial score (nSPS) is 15.1. The van der Waals surface area contributed by atoms with Crippen molar-refractivity contribution < 1.29 is 28.8 Å². The molecule has 0 amide bonds. The number of carbonyl (C=O) groups is 1. The molecule has 1 aliphatic heterocycles. The van der Waals surface area contributed by atoms with Crippen LogP contribution in [0, 0.1) is 0 Å². The van der Waals surface area contributed by atoms with Crippen LogP contribution in [0.15, 0.2) is 57.5 Å². The largest absolute Gasteiger partial charge is 0.504 e. The molecule has 1 aliphatic rings. The Bertz CT molecular complexity index is 1570. The minimum Gasteiger partial charge on any atom is -0.504 e. The lowest BCUT2D eigenvalue weighted by Crippen LogP contribution is -2.40. The Morgan fingerprint density at radius 1 is 1.05 bits per heavy atom. The number of phenols is 1. The van der Waals surface area contributed by atoms with Gasteiger partial charge in [-0.2, -0.15) is 0 Å². The van der Waals surface area contributed by atoms with Gasteiger partial charge in [0.25, 0.3) is 5.56 Å². The Labute approximate surface area is 223 Å². The van der Waals surface area contributed by atoms with E-state index in [9.17, 15) is 14.7 Å². The molecule has 1 N–H and O–H groups in total. The van der Waals surface area contributed by atoms with E-state index in [2.05, 4.69) is 4.99 Å². The number of fused-ring (bicyclic) bond motifs is 1. The molecular weight excluding hydrogens is 508 g/mol. The molecule has 0 fully saturated rings. The quantitative estimate of drug-likeness (QED) is 0.417. The minimum absolute atomic E-state index is 0.0183. The number of aromatic hydroxyl groups is 1. The molecule has 38 heavy (non-hydrogen) atoms. The zero-order valence-corrected chi connectivity index (χ0v) is 22.8. The van der Waals surface area contributed by atoms with Crippen LogP contribution in [-0.4, -0.2) is 42.6 Å². The second-order valence-corrected chi connectivity index (χ2v) is 9.31. The molecule has 0 bridgehead atoms. The van der Waals surface area contributed by atoms with E-state index < -0.39 is 12.0 Å². The molecule has 2 heterocycles. The number of phenolic OH excluding ortho intramolecular Hbond substituents is 1. The van der Waals surface area contributed by atoms with E-state index in [-0.39, 0.29) is 23.5 Å². The van der Waals surface area contributed by atoms with E-state index in [0.717, 1.165) is 0 Å². The van der Waals surface area contributed by atoms with Crippen LogP contribution in [0.4, 0.5) is 0 Å². The van der Waals surface area contributed by atoms with Crippen molar-refractivity contribution >= 4 is 23.4 Å². The summed E-state index contributed by atoms with van der Waals surface area (Å²) in [7, 11) is 1.55. The van der Waals surface area contributed by atoms with E-state index in [0.29, 0.717) is 56.6 Å². The predicted molar refractivity (Wildman–Crippen MR) is 144 cm³/mol. The molecule has 10 heteroatoms. The van der Waals surface area contributed by atoms with Crippen molar-refractivity contribution in [3.05, 3.63) is 78.5 Å². The van der Waals surface area contributed by atoms with Crippen molar-refractivity contribution in [2.24, 2.45) is 4.99 Å². The molecule has 0 unspecified atom stereocenters. The summed E-state index contributed by atoms with van der Waals surface area (Å²) in [6.45, 7) is 8.14. The van der Waals surface area contributed by atoms with Crippen LogP contribution in [0.25, 0.3) is 6.08 Å². The standard InChI is InChI=1S/C28H30N2O7S/c1-6-35-21-13-17(9-11-19(21)31)14-23-26(32)30-25(18-10-12-20(34-5)22(15-18)36-7-2)24(27(33)37-8-3)16(4)29-28(30)38-23/h9-15,25,31H,6-8H2,1-5H3/b23-14-/t25-/m0/s1. The zero-order chi connectivity index (χ0) is 27.4. The summed E-state index contributed by atoms with van der Waals surface area (Å²) in [5.74, 6) is 0.847. The van der Waals surface area contributed by atoms with E-state index >= 15 is 0 Å². The van der Waals surface area contributed by atoms with Gasteiger partial charge in [0.2, 0.25) is 0 Å². The van der Waals surface area contributed by atoms with Crippen LogP contribution in [0.2, 0.25) is 0 Å². The van der Waals surface area contributed by atoms with Crippen LogP contribution in [0.5, 0.6) is 23.0 Å². The number of esters is 1. The fourth-order valence-electron chi connectivity index (χ4n) is 4.28. The maximum absolute atomic E-state index is 13.8. The first kappa shape index (κ1) is 27.0. The number of benzene rings is 2. The molecule has 9 nitrogen and oxygen atoms in total. The van der Waals surface area contributed by atoms with Crippen LogP contribution in [0.3, 0.4) is 0 Å². The van der Waals surface area contributed by atoms with Crippen molar-refractivity contribution in [3.8, 4) is 23.0 Å². The summed E-state index contributed by atoms with van der Waals surface area (Å²) >= 11 is 1.21. The highest BCUT2D eigenvalue weighted by Gasteiger charge is 2.34. The average Bonchev–Trinajstić information content (AvgIpc) is 3.19. The lowest BCUT2D eigenvalue weighted by molar-refractivity contribution is -0.139. The molecule has 200 valence electrons. The highest BCUT2D eigenvalue weighted by atomic mass is 32.1. The van der Waals surface area contributed by atoms with E-state index in [4.69, 9.17) is 18.9 Å². The number of allylic oxidation sites excluding steroid dienone is 1. The molecule has 1 aromatic heterocycles. The van der Waals surface area contributed by atoms with Gasteiger partial charge in [-0.15, -0.1) is 0 Å². The molecule has 3 aromatic rings. The molecule has 0 radical (unpaired) electrons. The van der Waals surface area contributed by atoms with Crippen molar-refractivity contribution in [2.75, 3.05) is 26.9 Å². The van der Waals surface area contributed by atoms with Crippen molar-refractivity contribution in [1.29, 1.82) is 0 Å². The molecule has 0 spiro atoms. The lowest BCUT2D eigenvalue weighted by Gasteiger charge is -2.25. The van der Waals surface area contributed by atoms with Crippen LogP contribution in [-0.2, 0) is 9.53 Å². The van der Waals surface area contributed by atoms with Crippen molar-refractivity contribution in [1.82, 2.24) is 4.57 Å². The first-order valence-electron chi connectivity index (χ1n) is 12.3. The van der Waals surface area contributed by atoms with Gasteiger partial charge in [0.15, 0.2) is 27.8 Å². The molecule has 2 aromatic carbocycles. The highest BCUT2D eigenvalue weighted by molar-refractivity contribution is 7.07. The second-order valence-electron chi connectivity index (χ2n) is 8.31. The average molecular weight is 539 g/mol. The third kappa shape index (κ3) is 5.17. The summed E-state index contributed by atoms with van der Waals surface area (Å²) < 4.78 is 24.0. The molecule has 1 atom stereocenters. The maximum Gasteiger partial charge on any atom is 0.338 e. The van der Waals surface area contributed by atoms with E-state index in [1.165, 1.54) is 22.0 Å². The number of rotatable bonds is 9. The number of aromatic nitrogens is 1.